The SMILES string of the molecule is CN(CC1CC(=O)N(C2CCCC2)C1)C(=O)c1cccc(=O)[nH]1. The van der Waals surface area contributed by atoms with E-state index in [1.807, 2.05) is 4.90 Å². The molecule has 6 heteroatoms. The van der Waals surface area contributed by atoms with Crippen molar-refractivity contribution >= 4 is 11.8 Å². The molecule has 2 heterocycles. The van der Waals surface area contributed by atoms with Crippen molar-refractivity contribution in [2.24, 2.45) is 5.92 Å². The molecular weight excluding hydrogens is 294 g/mol. The Morgan fingerprint density at radius 1 is 1.30 bits per heavy atom. The molecule has 124 valence electrons. The van der Waals surface area contributed by atoms with Crippen molar-refractivity contribution in [3.05, 3.63) is 34.2 Å². The molecule has 0 spiro atoms. The fourth-order valence-corrected chi connectivity index (χ4v) is 3.75. The molecule has 1 atom stereocenters. The van der Waals surface area contributed by atoms with Crippen LogP contribution in [0.3, 0.4) is 0 Å². The molecule has 2 aliphatic rings. The number of likely N-dealkylation sites (tertiary alicyclic amines) is 1. The summed E-state index contributed by atoms with van der Waals surface area (Å²) in [6.07, 6.45) is 5.15. The predicted molar refractivity (Wildman–Crippen MR) is 86.1 cm³/mol. The van der Waals surface area contributed by atoms with Crippen LogP contribution >= 0.6 is 0 Å². The third-order valence-electron chi connectivity index (χ3n) is 4.88. The summed E-state index contributed by atoms with van der Waals surface area (Å²) in [5.74, 6) is 0.179. The minimum absolute atomic E-state index is 0.174. The van der Waals surface area contributed by atoms with E-state index < -0.39 is 0 Å². The molecule has 23 heavy (non-hydrogen) atoms. The maximum Gasteiger partial charge on any atom is 0.270 e. The molecule has 0 bridgehead atoms. The summed E-state index contributed by atoms with van der Waals surface area (Å²) in [5, 5.41) is 0. The lowest BCUT2D eigenvalue weighted by Gasteiger charge is -2.25. The van der Waals surface area contributed by atoms with Crippen molar-refractivity contribution in [2.75, 3.05) is 20.1 Å². The van der Waals surface area contributed by atoms with Crippen LogP contribution in [0.4, 0.5) is 0 Å². The van der Waals surface area contributed by atoms with Gasteiger partial charge in [0.15, 0.2) is 0 Å². The van der Waals surface area contributed by atoms with Crippen LogP contribution in [0.1, 0.15) is 42.6 Å². The summed E-state index contributed by atoms with van der Waals surface area (Å²) in [6.45, 7) is 1.27. The topological polar surface area (TPSA) is 73.5 Å². The lowest BCUT2D eigenvalue weighted by Crippen LogP contribution is -2.37. The second kappa shape index (κ2) is 6.56. The fraction of sp³-hybridized carbons (Fsp3) is 0.588. The zero-order chi connectivity index (χ0) is 16.4. The van der Waals surface area contributed by atoms with Crippen LogP contribution in [0.25, 0.3) is 0 Å². The summed E-state index contributed by atoms with van der Waals surface area (Å²) in [7, 11) is 1.72. The Morgan fingerprint density at radius 2 is 2.04 bits per heavy atom. The molecule has 1 aromatic heterocycles. The lowest BCUT2D eigenvalue weighted by molar-refractivity contribution is -0.129. The standard InChI is InChI=1S/C17H23N3O3/c1-19(17(23)14-7-4-8-15(21)18-14)10-12-9-16(22)20(11-12)13-5-2-3-6-13/h4,7-8,12-13H,2-3,5-6,9-11H2,1H3,(H,18,21). The van der Waals surface area contributed by atoms with Crippen molar-refractivity contribution in [1.29, 1.82) is 0 Å². The number of rotatable bonds is 4. The molecule has 1 aliphatic heterocycles. The molecule has 3 rings (SSSR count). The number of hydrogen-bond acceptors (Lipinski definition) is 3. The van der Waals surface area contributed by atoms with Crippen LogP contribution in [-0.2, 0) is 4.79 Å². The number of aromatic amines is 1. The molecule has 1 aromatic rings. The van der Waals surface area contributed by atoms with Gasteiger partial charge in [-0.05, 0) is 18.9 Å². The van der Waals surface area contributed by atoms with E-state index in [0.717, 1.165) is 19.4 Å². The molecule has 1 saturated carbocycles. The number of hydrogen-bond donors (Lipinski definition) is 1. The first-order valence-corrected chi connectivity index (χ1v) is 8.29. The number of amides is 2. The number of carbonyl (C=O) groups excluding carboxylic acids is 2. The van der Waals surface area contributed by atoms with Crippen LogP contribution in [-0.4, -0.2) is 52.8 Å². The van der Waals surface area contributed by atoms with Crippen molar-refractivity contribution in [2.45, 2.75) is 38.1 Å². The van der Waals surface area contributed by atoms with Gasteiger partial charge in [-0.25, -0.2) is 0 Å². The van der Waals surface area contributed by atoms with Gasteiger partial charge in [-0.2, -0.15) is 0 Å². The summed E-state index contributed by atoms with van der Waals surface area (Å²) in [4.78, 5) is 42.1. The summed E-state index contributed by atoms with van der Waals surface area (Å²) in [6, 6.07) is 4.96. The Hall–Kier alpha value is -2.11. The summed E-state index contributed by atoms with van der Waals surface area (Å²) < 4.78 is 0. The minimum Gasteiger partial charge on any atom is -0.340 e. The van der Waals surface area contributed by atoms with Crippen LogP contribution < -0.4 is 5.56 Å². The normalized spacial score (nSPS) is 21.9. The summed E-state index contributed by atoms with van der Waals surface area (Å²) >= 11 is 0. The van der Waals surface area contributed by atoms with Gasteiger partial charge in [0.05, 0.1) is 0 Å². The first kappa shape index (κ1) is 15.8. The highest BCUT2D eigenvalue weighted by Gasteiger charge is 2.36. The van der Waals surface area contributed by atoms with E-state index in [1.165, 1.54) is 18.9 Å². The van der Waals surface area contributed by atoms with Crippen LogP contribution in [0.2, 0.25) is 0 Å². The van der Waals surface area contributed by atoms with Gasteiger partial charge in [-0.1, -0.05) is 18.9 Å². The van der Waals surface area contributed by atoms with Gasteiger partial charge >= 0.3 is 0 Å². The number of carbonyl (C=O) groups is 2. The van der Waals surface area contributed by atoms with E-state index in [4.69, 9.17) is 0 Å². The average Bonchev–Trinajstić information content (AvgIpc) is 3.16. The van der Waals surface area contributed by atoms with E-state index in [1.54, 1.807) is 24.1 Å². The van der Waals surface area contributed by atoms with Gasteiger partial charge in [0.25, 0.3) is 5.91 Å². The molecule has 1 aliphatic carbocycles. The zero-order valence-corrected chi connectivity index (χ0v) is 13.5. The van der Waals surface area contributed by atoms with Crippen molar-refractivity contribution < 1.29 is 9.59 Å². The highest BCUT2D eigenvalue weighted by Crippen LogP contribution is 2.29. The van der Waals surface area contributed by atoms with Gasteiger partial charge in [-0.15, -0.1) is 0 Å². The number of H-pyrrole nitrogens is 1. The molecule has 2 fully saturated rings. The largest absolute Gasteiger partial charge is 0.340 e. The third kappa shape index (κ3) is 3.46. The molecule has 0 radical (unpaired) electrons. The van der Waals surface area contributed by atoms with Gasteiger partial charge < -0.3 is 14.8 Å². The molecular formula is C17H23N3O3. The van der Waals surface area contributed by atoms with E-state index in [9.17, 15) is 14.4 Å². The fourth-order valence-electron chi connectivity index (χ4n) is 3.75. The monoisotopic (exact) mass is 317 g/mol. The minimum atomic E-state index is -0.285. The van der Waals surface area contributed by atoms with Crippen molar-refractivity contribution in [3.8, 4) is 0 Å². The van der Waals surface area contributed by atoms with E-state index in [0.29, 0.717) is 19.0 Å². The highest BCUT2D eigenvalue weighted by molar-refractivity contribution is 5.92. The molecule has 1 N–H and O–H groups in total. The predicted octanol–water partition coefficient (Wildman–Crippen LogP) is 1.24. The van der Waals surface area contributed by atoms with Gasteiger partial charge in [-0.3, -0.25) is 14.4 Å². The van der Waals surface area contributed by atoms with Crippen LogP contribution in [0, 0.1) is 5.92 Å². The second-order valence-corrected chi connectivity index (χ2v) is 6.67. The van der Waals surface area contributed by atoms with Crippen LogP contribution in [0.15, 0.2) is 23.0 Å². The quantitative estimate of drug-likeness (QED) is 0.908. The molecule has 1 saturated heterocycles. The maximum absolute atomic E-state index is 12.4. The first-order valence-electron chi connectivity index (χ1n) is 8.29. The second-order valence-electron chi connectivity index (χ2n) is 6.67. The van der Waals surface area contributed by atoms with Gasteiger partial charge in [0.1, 0.15) is 5.69 Å². The van der Waals surface area contributed by atoms with E-state index in [2.05, 4.69) is 4.98 Å². The van der Waals surface area contributed by atoms with E-state index >= 15 is 0 Å². The number of nitrogens with one attached hydrogen (secondary N) is 1. The average molecular weight is 317 g/mol. The maximum atomic E-state index is 12.4. The van der Waals surface area contributed by atoms with Crippen molar-refractivity contribution in [1.82, 2.24) is 14.8 Å². The molecule has 1 unspecified atom stereocenters. The molecule has 2 amide bonds. The molecule has 0 aromatic carbocycles. The van der Waals surface area contributed by atoms with Gasteiger partial charge in [0.2, 0.25) is 11.5 Å². The van der Waals surface area contributed by atoms with Gasteiger partial charge in [0, 0.05) is 44.6 Å². The Bertz CT molecular complexity index is 648. The Labute approximate surface area is 135 Å². The van der Waals surface area contributed by atoms with Crippen molar-refractivity contribution in [3.63, 3.8) is 0 Å². The number of nitrogens with zero attached hydrogens (tertiary/aromatic N) is 2. The number of pyridine rings is 1. The van der Waals surface area contributed by atoms with E-state index in [-0.39, 0.29) is 29.0 Å². The Morgan fingerprint density at radius 3 is 2.74 bits per heavy atom. The highest BCUT2D eigenvalue weighted by atomic mass is 16.2. The summed E-state index contributed by atoms with van der Waals surface area (Å²) in [5.41, 5.74) is 0.00433. The number of aromatic nitrogens is 1. The molecule has 6 nitrogen and oxygen atoms in total. The lowest BCUT2D eigenvalue weighted by atomic mass is 10.1. The first-order chi connectivity index (χ1) is 11.0. The smallest absolute Gasteiger partial charge is 0.270 e. The Kier molecular flexibility index (Phi) is 4.50. The Balaban J connectivity index is 1.60. The zero-order valence-electron chi connectivity index (χ0n) is 13.5. The third-order valence-corrected chi connectivity index (χ3v) is 4.88. The van der Waals surface area contributed by atoms with Crippen LogP contribution in [0.5, 0.6) is 0 Å².